The molecule has 0 amide bonds. The molecule has 0 saturated heterocycles. The Morgan fingerprint density at radius 1 is 1.50 bits per heavy atom. The number of carbonyl (C=O) groups is 1. The number of benzene rings is 1. The summed E-state index contributed by atoms with van der Waals surface area (Å²) in [7, 11) is 0. The van der Waals surface area contributed by atoms with E-state index >= 15 is 0 Å². The van der Waals surface area contributed by atoms with Crippen molar-refractivity contribution >= 4 is 61.9 Å². The topological polar surface area (TPSA) is 38.3 Å². The first-order chi connectivity index (χ1) is 7.61. The molecule has 0 aromatic heterocycles. The van der Waals surface area contributed by atoms with Crippen LogP contribution in [0, 0.1) is 3.57 Å². The van der Waals surface area contributed by atoms with Gasteiger partial charge in [0.05, 0.1) is 6.61 Å². The molecule has 0 spiro atoms. The number of thiocarbonyl (C=S) groups is 1. The molecule has 0 radical (unpaired) electrons. The van der Waals surface area contributed by atoms with Crippen molar-refractivity contribution in [3.63, 3.8) is 0 Å². The molecular weight excluding hydrogens is 357 g/mol. The van der Waals surface area contributed by atoms with Gasteiger partial charge in [-0.1, -0.05) is 12.2 Å². The fourth-order valence-corrected chi connectivity index (χ4v) is 2.08. The summed E-state index contributed by atoms with van der Waals surface area (Å²) < 4.78 is 6.30. The Kier molecular flexibility index (Phi) is 6.07. The number of ether oxygens (including phenoxy) is 1. The summed E-state index contributed by atoms with van der Waals surface area (Å²) in [5.74, 6) is 0. The largest absolute Gasteiger partial charge is 0.458 e. The van der Waals surface area contributed by atoms with E-state index in [1.807, 2.05) is 24.3 Å². The summed E-state index contributed by atoms with van der Waals surface area (Å²) in [6, 6.07) is 7.72. The summed E-state index contributed by atoms with van der Waals surface area (Å²) in [4.78, 5) is 11.1. The fourth-order valence-electron chi connectivity index (χ4n) is 0.900. The molecule has 1 aromatic carbocycles. The van der Waals surface area contributed by atoms with Gasteiger partial charge >= 0.3 is 5.30 Å². The maximum Gasteiger partial charge on any atom is 0.374 e. The summed E-state index contributed by atoms with van der Waals surface area (Å²) in [6.45, 7) is 2.12. The molecule has 0 heterocycles. The minimum absolute atomic E-state index is 0.359. The van der Waals surface area contributed by atoms with E-state index in [9.17, 15) is 4.79 Å². The molecule has 1 aromatic rings. The third-order valence-corrected chi connectivity index (χ3v) is 3.17. The van der Waals surface area contributed by atoms with Crippen LogP contribution in [0.15, 0.2) is 24.3 Å². The first-order valence-corrected chi connectivity index (χ1v) is 6.83. The Labute approximate surface area is 117 Å². The molecule has 6 heteroatoms. The summed E-state index contributed by atoms with van der Waals surface area (Å²) in [5.41, 5.74) is 0.863. The van der Waals surface area contributed by atoms with Crippen LogP contribution in [0.1, 0.15) is 6.92 Å². The van der Waals surface area contributed by atoms with Crippen LogP contribution in [0.4, 0.5) is 10.5 Å². The number of hydrogen-bond donors (Lipinski definition) is 1. The van der Waals surface area contributed by atoms with Crippen LogP contribution in [0.2, 0.25) is 0 Å². The van der Waals surface area contributed by atoms with E-state index in [0.29, 0.717) is 10.9 Å². The lowest BCUT2D eigenvalue weighted by atomic mass is 10.3. The molecule has 0 aliphatic rings. The van der Waals surface area contributed by atoms with Gasteiger partial charge in [0.25, 0.3) is 0 Å². The number of nitrogens with one attached hydrogen (secondary N) is 1. The molecule has 0 atom stereocenters. The SMILES string of the molecule is CCOC(=O)SC(=S)Nc1ccc(I)cc1. The van der Waals surface area contributed by atoms with Gasteiger partial charge in [0.1, 0.15) is 4.32 Å². The van der Waals surface area contributed by atoms with Crippen LogP contribution >= 0.6 is 46.6 Å². The van der Waals surface area contributed by atoms with E-state index in [2.05, 4.69) is 27.9 Å². The first-order valence-electron chi connectivity index (χ1n) is 4.53. The van der Waals surface area contributed by atoms with Crippen LogP contribution in [0.5, 0.6) is 0 Å². The third kappa shape index (κ3) is 5.13. The molecule has 1 rings (SSSR count). The lowest BCUT2D eigenvalue weighted by Crippen LogP contribution is -2.09. The van der Waals surface area contributed by atoms with Crippen molar-refractivity contribution < 1.29 is 9.53 Å². The number of anilines is 1. The van der Waals surface area contributed by atoms with Crippen LogP contribution in [-0.2, 0) is 4.74 Å². The van der Waals surface area contributed by atoms with Crippen molar-refractivity contribution in [2.75, 3.05) is 11.9 Å². The lowest BCUT2D eigenvalue weighted by molar-refractivity contribution is 0.182. The minimum Gasteiger partial charge on any atom is -0.458 e. The maximum atomic E-state index is 11.1. The maximum absolute atomic E-state index is 11.1. The van der Waals surface area contributed by atoms with Gasteiger partial charge in [-0.15, -0.1) is 0 Å². The van der Waals surface area contributed by atoms with Gasteiger partial charge in [-0.05, 0) is 53.8 Å². The highest BCUT2D eigenvalue weighted by Gasteiger charge is 2.07. The molecule has 0 aliphatic heterocycles. The molecule has 16 heavy (non-hydrogen) atoms. The first kappa shape index (κ1) is 13.7. The number of hydrogen-bond acceptors (Lipinski definition) is 4. The van der Waals surface area contributed by atoms with Crippen LogP contribution in [0.3, 0.4) is 0 Å². The normalized spacial score (nSPS) is 9.62. The zero-order chi connectivity index (χ0) is 12.0. The molecule has 0 saturated carbocycles. The highest BCUT2D eigenvalue weighted by Crippen LogP contribution is 2.15. The van der Waals surface area contributed by atoms with Gasteiger partial charge < -0.3 is 10.1 Å². The Bertz CT molecular complexity index is 381. The number of halogens is 1. The number of rotatable bonds is 2. The molecule has 1 N–H and O–H groups in total. The van der Waals surface area contributed by atoms with E-state index in [1.165, 1.54) is 0 Å². The molecule has 0 bridgehead atoms. The number of carbonyl (C=O) groups excluding carboxylic acids is 1. The van der Waals surface area contributed by atoms with Crippen molar-refractivity contribution in [1.82, 2.24) is 0 Å². The van der Waals surface area contributed by atoms with E-state index in [0.717, 1.165) is 21.0 Å². The third-order valence-electron chi connectivity index (χ3n) is 1.53. The smallest absolute Gasteiger partial charge is 0.374 e. The van der Waals surface area contributed by atoms with E-state index < -0.39 is 0 Å². The van der Waals surface area contributed by atoms with Crippen molar-refractivity contribution in [2.45, 2.75) is 6.92 Å². The van der Waals surface area contributed by atoms with Crippen LogP contribution in [-0.4, -0.2) is 16.2 Å². The zero-order valence-corrected chi connectivity index (χ0v) is 12.3. The predicted molar refractivity (Wildman–Crippen MR) is 80.0 cm³/mol. The van der Waals surface area contributed by atoms with Gasteiger partial charge in [0.2, 0.25) is 0 Å². The summed E-state index contributed by atoms with van der Waals surface area (Å²) in [6.07, 6.45) is 0. The zero-order valence-electron chi connectivity index (χ0n) is 8.53. The second kappa shape index (κ2) is 7.08. The second-order valence-electron chi connectivity index (χ2n) is 2.70. The molecule has 0 fully saturated rings. The van der Waals surface area contributed by atoms with Gasteiger partial charge in [-0.25, -0.2) is 4.79 Å². The van der Waals surface area contributed by atoms with Crippen LogP contribution in [0.25, 0.3) is 0 Å². The standard InChI is InChI=1S/C10H10INO2S2/c1-2-14-10(13)16-9(15)12-8-5-3-7(11)4-6-8/h3-6H,2H2,1H3,(H,12,15). The van der Waals surface area contributed by atoms with Crippen LogP contribution < -0.4 is 5.32 Å². The Balaban J connectivity index is 2.45. The average molecular weight is 367 g/mol. The van der Waals surface area contributed by atoms with Gasteiger partial charge in [0.15, 0.2) is 0 Å². The Morgan fingerprint density at radius 3 is 2.69 bits per heavy atom. The minimum atomic E-state index is -0.384. The Morgan fingerprint density at radius 2 is 2.12 bits per heavy atom. The van der Waals surface area contributed by atoms with Gasteiger partial charge in [-0.2, -0.15) is 0 Å². The summed E-state index contributed by atoms with van der Waals surface area (Å²) in [5, 5.41) is 2.56. The predicted octanol–water partition coefficient (Wildman–Crippen LogP) is 3.88. The Hall–Kier alpha value is -0.340. The fraction of sp³-hybridized carbons (Fsp3) is 0.200. The van der Waals surface area contributed by atoms with Gasteiger partial charge in [0, 0.05) is 21.0 Å². The van der Waals surface area contributed by atoms with E-state index in [4.69, 9.17) is 17.0 Å². The van der Waals surface area contributed by atoms with Crippen molar-refractivity contribution in [1.29, 1.82) is 0 Å². The quantitative estimate of drug-likeness (QED) is 0.488. The molecule has 0 aliphatic carbocycles. The van der Waals surface area contributed by atoms with Gasteiger partial charge in [-0.3, -0.25) is 0 Å². The van der Waals surface area contributed by atoms with Crippen molar-refractivity contribution in [3.05, 3.63) is 27.8 Å². The highest BCUT2D eigenvalue weighted by molar-refractivity contribution is 14.1. The lowest BCUT2D eigenvalue weighted by Gasteiger charge is -2.06. The van der Waals surface area contributed by atoms with Crippen molar-refractivity contribution in [2.24, 2.45) is 0 Å². The highest BCUT2D eigenvalue weighted by atomic mass is 127. The monoisotopic (exact) mass is 367 g/mol. The molecule has 0 unspecified atom stereocenters. The van der Waals surface area contributed by atoms with E-state index in [-0.39, 0.29) is 5.30 Å². The average Bonchev–Trinajstić information content (AvgIpc) is 2.21. The van der Waals surface area contributed by atoms with E-state index in [1.54, 1.807) is 6.92 Å². The molecule has 3 nitrogen and oxygen atoms in total. The second-order valence-corrected chi connectivity index (χ2v) is 5.56. The molecular formula is C10H10INO2S2. The summed E-state index contributed by atoms with van der Waals surface area (Å²) >= 11 is 8.11. The molecule has 86 valence electrons. The van der Waals surface area contributed by atoms with Crippen molar-refractivity contribution in [3.8, 4) is 0 Å². The number of thioether (sulfide) groups is 1.